The van der Waals surface area contributed by atoms with E-state index in [0.717, 1.165) is 17.0 Å². The lowest BCUT2D eigenvalue weighted by Gasteiger charge is -2.45. The standard InChI is InChI=1S/C17H24ClN/c1-2-17(7-4-8-17)12-19-16-10-14(11-16)13-5-3-6-15(18)9-13/h3,5-6,9,14,16,19H,2,4,7-8,10-12H2,1H3. The van der Waals surface area contributed by atoms with Crippen LogP contribution in [0.3, 0.4) is 0 Å². The Labute approximate surface area is 121 Å². The summed E-state index contributed by atoms with van der Waals surface area (Å²) in [7, 11) is 0. The van der Waals surface area contributed by atoms with Crippen LogP contribution in [0, 0.1) is 5.41 Å². The first kappa shape index (κ1) is 13.5. The number of hydrogen-bond donors (Lipinski definition) is 1. The molecule has 2 fully saturated rings. The van der Waals surface area contributed by atoms with Crippen LogP contribution in [0.1, 0.15) is 56.9 Å². The first-order valence-corrected chi connectivity index (χ1v) is 8.07. The van der Waals surface area contributed by atoms with Gasteiger partial charge in [-0.3, -0.25) is 0 Å². The van der Waals surface area contributed by atoms with Crippen LogP contribution in [0.4, 0.5) is 0 Å². The normalized spacial score (nSPS) is 28.5. The summed E-state index contributed by atoms with van der Waals surface area (Å²) in [6, 6.07) is 9.10. The summed E-state index contributed by atoms with van der Waals surface area (Å²) >= 11 is 6.06. The number of nitrogens with one attached hydrogen (secondary N) is 1. The smallest absolute Gasteiger partial charge is 0.0408 e. The molecule has 0 aromatic heterocycles. The van der Waals surface area contributed by atoms with Crippen molar-refractivity contribution in [2.24, 2.45) is 5.41 Å². The van der Waals surface area contributed by atoms with Gasteiger partial charge in [0.05, 0.1) is 0 Å². The molecule has 2 saturated carbocycles. The molecule has 1 aromatic carbocycles. The van der Waals surface area contributed by atoms with Crippen molar-refractivity contribution in [1.82, 2.24) is 5.32 Å². The summed E-state index contributed by atoms with van der Waals surface area (Å²) in [5.74, 6) is 0.718. The minimum atomic E-state index is 0.640. The molecule has 104 valence electrons. The fraction of sp³-hybridized carbons (Fsp3) is 0.647. The van der Waals surface area contributed by atoms with Crippen molar-refractivity contribution in [3.8, 4) is 0 Å². The second kappa shape index (κ2) is 5.46. The maximum atomic E-state index is 6.06. The molecule has 0 bridgehead atoms. The molecule has 0 radical (unpaired) electrons. The molecule has 1 N–H and O–H groups in total. The van der Waals surface area contributed by atoms with E-state index in [9.17, 15) is 0 Å². The van der Waals surface area contributed by atoms with Crippen LogP contribution in [0.2, 0.25) is 5.02 Å². The molecule has 0 atom stereocenters. The lowest BCUT2D eigenvalue weighted by Crippen LogP contribution is -2.47. The van der Waals surface area contributed by atoms with Gasteiger partial charge in [-0.15, -0.1) is 0 Å². The Bertz CT molecular complexity index is 427. The predicted octanol–water partition coefficient (Wildman–Crippen LogP) is 4.76. The molecule has 1 aromatic rings. The number of benzene rings is 1. The van der Waals surface area contributed by atoms with E-state index in [2.05, 4.69) is 30.4 Å². The molecule has 0 heterocycles. The summed E-state index contributed by atoms with van der Waals surface area (Å²) in [5, 5.41) is 4.66. The van der Waals surface area contributed by atoms with Gasteiger partial charge in [0.1, 0.15) is 0 Å². The first-order chi connectivity index (χ1) is 9.21. The zero-order chi connectivity index (χ0) is 13.3. The van der Waals surface area contributed by atoms with Gasteiger partial charge in [-0.25, -0.2) is 0 Å². The second-order valence-electron chi connectivity index (χ2n) is 6.51. The molecule has 1 nitrogen and oxygen atoms in total. The molecule has 0 spiro atoms. The third-order valence-electron chi connectivity index (χ3n) is 5.39. The van der Waals surface area contributed by atoms with Crippen LogP contribution in [-0.4, -0.2) is 12.6 Å². The highest BCUT2D eigenvalue weighted by atomic mass is 35.5. The minimum Gasteiger partial charge on any atom is -0.313 e. The van der Waals surface area contributed by atoms with E-state index < -0.39 is 0 Å². The van der Waals surface area contributed by atoms with Crippen LogP contribution < -0.4 is 5.32 Å². The zero-order valence-electron chi connectivity index (χ0n) is 11.8. The molecule has 3 rings (SSSR count). The van der Waals surface area contributed by atoms with E-state index >= 15 is 0 Å². The Morgan fingerprint density at radius 1 is 1.32 bits per heavy atom. The fourth-order valence-electron chi connectivity index (χ4n) is 3.51. The molecule has 0 unspecified atom stereocenters. The van der Waals surface area contributed by atoms with E-state index in [0.29, 0.717) is 5.41 Å². The predicted molar refractivity (Wildman–Crippen MR) is 81.8 cm³/mol. The van der Waals surface area contributed by atoms with Gasteiger partial charge in [0.2, 0.25) is 0 Å². The van der Waals surface area contributed by atoms with Crippen molar-refractivity contribution in [3.63, 3.8) is 0 Å². The van der Waals surface area contributed by atoms with Crippen LogP contribution in [0.25, 0.3) is 0 Å². The quantitative estimate of drug-likeness (QED) is 0.818. The van der Waals surface area contributed by atoms with E-state index in [4.69, 9.17) is 11.6 Å². The van der Waals surface area contributed by atoms with Crippen molar-refractivity contribution in [2.75, 3.05) is 6.54 Å². The molecule has 0 aliphatic heterocycles. The van der Waals surface area contributed by atoms with Gasteiger partial charge in [-0.2, -0.15) is 0 Å². The SMILES string of the molecule is CCC1(CNC2CC(c3cccc(Cl)c3)C2)CCC1. The summed E-state index contributed by atoms with van der Waals surface area (Å²) in [6.45, 7) is 3.58. The van der Waals surface area contributed by atoms with E-state index in [1.165, 1.54) is 50.6 Å². The molecule has 2 aliphatic rings. The summed E-state index contributed by atoms with van der Waals surface area (Å²) in [5.41, 5.74) is 2.06. The summed E-state index contributed by atoms with van der Waals surface area (Å²) < 4.78 is 0. The molecular weight excluding hydrogens is 254 g/mol. The molecule has 19 heavy (non-hydrogen) atoms. The van der Waals surface area contributed by atoms with E-state index in [1.807, 2.05) is 6.07 Å². The topological polar surface area (TPSA) is 12.0 Å². The van der Waals surface area contributed by atoms with Crippen molar-refractivity contribution < 1.29 is 0 Å². The van der Waals surface area contributed by atoms with Crippen LogP contribution in [-0.2, 0) is 0 Å². The van der Waals surface area contributed by atoms with Crippen molar-refractivity contribution in [3.05, 3.63) is 34.9 Å². The van der Waals surface area contributed by atoms with Crippen molar-refractivity contribution in [2.45, 2.75) is 57.4 Å². The molecule has 2 heteroatoms. The largest absolute Gasteiger partial charge is 0.313 e. The highest BCUT2D eigenvalue weighted by Crippen LogP contribution is 2.44. The van der Waals surface area contributed by atoms with E-state index in [1.54, 1.807) is 0 Å². The Morgan fingerprint density at radius 2 is 2.11 bits per heavy atom. The Kier molecular flexibility index (Phi) is 3.86. The molecule has 2 aliphatic carbocycles. The van der Waals surface area contributed by atoms with Gasteiger partial charge >= 0.3 is 0 Å². The van der Waals surface area contributed by atoms with Gasteiger partial charge in [-0.1, -0.05) is 37.1 Å². The highest BCUT2D eigenvalue weighted by molar-refractivity contribution is 6.30. The Hall–Kier alpha value is -0.530. The maximum Gasteiger partial charge on any atom is 0.0408 e. The maximum absolute atomic E-state index is 6.06. The van der Waals surface area contributed by atoms with Gasteiger partial charge in [0, 0.05) is 17.6 Å². The molecule has 0 amide bonds. The van der Waals surface area contributed by atoms with Gasteiger partial charge in [-0.05, 0) is 61.1 Å². The van der Waals surface area contributed by atoms with E-state index in [-0.39, 0.29) is 0 Å². The Balaban J connectivity index is 1.45. The van der Waals surface area contributed by atoms with Crippen LogP contribution in [0.15, 0.2) is 24.3 Å². The van der Waals surface area contributed by atoms with Crippen LogP contribution >= 0.6 is 11.6 Å². The summed E-state index contributed by atoms with van der Waals surface area (Å²) in [6.07, 6.45) is 8.19. The molecule has 0 saturated heterocycles. The average Bonchev–Trinajstić information content (AvgIpc) is 2.30. The minimum absolute atomic E-state index is 0.640. The van der Waals surface area contributed by atoms with Crippen molar-refractivity contribution >= 4 is 11.6 Å². The molecular formula is C17H24ClN. The number of halogens is 1. The average molecular weight is 278 g/mol. The third kappa shape index (κ3) is 2.83. The van der Waals surface area contributed by atoms with Crippen LogP contribution in [0.5, 0.6) is 0 Å². The lowest BCUT2D eigenvalue weighted by molar-refractivity contribution is 0.109. The van der Waals surface area contributed by atoms with Gasteiger partial charge in [0.15, 0.2) is 0 Å². The second-order valence-corrected chi connectivity index (χ2v) is 6.94. The Morgan fingerprint density at radius 3 is 2.68 bits per heavy atom. The zero-order valence-corrected chi connectivity index (χ0v) is 12.5. The lowest BCUT2D eigenvalue weighted by atomic mass is 9.66. The fourth-order valence-corrected chi connectivity index (χ4v) is 3.71. The summed E-state index contributed by atoms with van der Waals surface area (Å²) in [4.78, 5) is 0. The van der Waals surface area contributed by atoms with Gasteiger partial charge < -0.3 is 5.32 Å². The van der Waals surface area contributed by atoms with Crippen molar-refractivity contribution in [1.29, 1.82) is 0 Å². The van der Waals surface area contributed by atoms with Gasteiger partial charge in [0.25, 0.3) is 0 Å². The first-order valence-electron chi connectivity index (χ1n) is 7.70. The highest BCUT2D eigenvalue weighted by Gasteiger charge is 2.37. The number of hydrogen-bond acceptors (Lipinski definition) is 1. The number of rotatable bonds is 5. The monoisotopic (exact) mass is 277 g/mol. The third-order valence-corrected chi connectivity index (χ3v) is 5.62.